The Labute approximate surface area is 151 Å². The first-order valence-corrected chi connectivity index (χ1v) is 9.50. The van der Waals surface area contributed by atoms with Crippen molar-refractivity contribution in [2.45, 2.75) is 52.9 Å². The summed E-state index contributed by atoms with van der Waals surface area (Å²) in [6.07, 6.45) is 9.64. The van der Waals surface area contributed by atoms with Gasteiger partial charge in [-0.1, -0.05) is 62.8 Å². The van der Waals surface area contributed by atoms with E-state index in [0.717, 1.165) is 12.0 Å². The predicted octanol–water partition coefficient (Wildman–Crippen LogP) is 4.74. The van der Waals surface area contributed by atoms with Crippen LogP contribution in [-0.2, 0) is 11.2 Å². The van der Waals surface area contributed by atoms with Crippen molar-refractivity contribution in [1.29, 1.82) is 0 Å². The third-order valence-electron chi connectivity index (χ3n) is 6.05. The number of rotatable bonds is 4. The van der Waals surface area contributed by atoms with Crippen LogP contribution in [0.2, 0.25) is 0 Å². The molecule has 0 unspecified atom stereocenters. The highest BCUT2D eigenvalue weighted by atomic mass is 16.2. The fraction of sp³-hybridized carbons (Fsp3) is 0.545. The molecular weight excluding hydrogens is 308 g/mol. The molecule has 0 heterocycles. The van der Waals surface area contributed by atoms with Gasteiger partial charge in [-0.2, -0.15) is 5.10 Å². The molecule has 3 rings (SSSR count). The first kappa shape index (κ1) is 17.9. The summed E-state index contributed by atoms with van der Waals surface area (Å²) in [6.45, 7) is 7.11. The van der Waals surface area contributed by atoms with Crippen LogP contribution in [0.4, 0.5) is 0 Å². The minimum absolute atomic E-state index is 0.0514. The molecule has 1 aromatic carbocycles. The van der Waals surface area contributed by atoms with Gasteiger partial charge >= 0.3 is 0 Å². The molecule has 3 nitrogen and oxygen atoms in total. The van der Waals surface area contributed by atoms with Crippen LogP contribution in [0.1, 0.15) is 52.0 Å². The van der Waals surface area contributed by atoms with Gasteiger partial charge in [0.15, 0.2) is 0 Å². The lowest BCUT2D eigenvalue weighted by Gasteiger charge is -2.46. The minimum atomic E-state index is -0.0514. The Kier molecular flexibility index (Phi) is 5.41. The molecule has 1 aromatic rings. The lowest BCUT2D eigenvalue weighted by Crippen LogP contribution is -2.37. The van der Waals surface area contributed by atoms with E-state index in [0.29, 0.717) is 29.6 Å². The molecule has 0 radical (unpaired) electrons. The number of fused-ring (bicyclic) bond motifs is 1. The first-order valence-electron chi connectivity index (χ1n) is 9.50. The van der Waals surface area contributed by atoms with Crippen LogP contribution in [0.15, 0.2) is 47.1 Å². The second-order valence-corrected chi connectivity index (χ2v) is 8.42. The van der Waals surface area contributed by atoms with Crippen molar-refractivity contribution in [3.63, 3.8) is 0 Å². The molecule has 0 spiro atoms. The molecular formula is C22H30N2O. The van der Waals surface area contributed by atoms with Gasteiger partial charge in [-0.15, -0.1) is 0 Å². The van der Waals surface area contributed by atoms with E-state index in [-0.39, 0.29) is 5.91 Å². The van der Waals surface area contributed by atoms with Crippen LogP contribution >= 0.6 is 0 Å². The van der Waals surface area contributed by atoms with Crippen LogP contribution in [-0.4, -0.2) is 12.1 Å². The Bertz CT molecular complexity index is 660. The van der Waals surface area contributed by atoms with E-state index in [4.69, 9.17) is 0 Å². The average molecular weight is 338 g/mol. The Morgan fingerprint density at radius 1 is 1.32 bits per heavy atom. The van der Waals surface area contributed by atoms with Crippen LogP contribution < -0.4 is 5.43 Å². The number of carbonyl (C=O) groups is 1. The number of carbonyl (C=O) groups excluding carboxylic acids is 1. The molecule has 1 N–H and O–H groups in total. The van der Waals surface area contributed by atoms with Gasteiger partial charge in [0.05, 0.1) is 6.42 Å². The van der Waals surface area contributed by atoms with Gasteiger partial charge in [-0.05, 0) is 54.4 Å². The fourth-order valence-corrected chi connectivity index (χ4v) is 4.41. The van der Waals surface area contributed by atoms with Crippen molar-refractivity contribution >= 4 is 12.1 Å². The highest BCUT2D eigenvalue weighted by molar-refractivity contribution is 5.79. The summed E-state index contributed by atoms with van der Waals surface area (Å²) >= 11 is 0. The monoisotopic (exact) mass is 338 g/mol. The number of hydrazone groups is 1. The summed E-state index contributed by atoms with van der Waals surface area (Å²) in [5.74, 6) is 1.64. The normalized spacial score (nSPS) is 28.3. The summed E-state index contributed by atoms with van der Waals surface area (Å²) in [5, 5.41) is 4.28. The summed E-state index contributed by atoms with van der Waals surface area (Å²) in [6, 6.07) is 9.79. The molecule has 2 aliphatic rings. The van der Waals surface area contributed by atoms with Crippen LogP contribution in [0.5, 0.6) is 0 Å². The van der Waals surface area contributed by atoms with Gasteiger partial charge in [-0.25, -0.2) is 5.43 Å². The van der Waals surface area contributed by atoms with Crippen LogP contribution in [0, 0.1) is 23.2 Å². The van der Waals surface area contributed by atoms with Gasteiger partial charge in [0.2, 0.25) is 5.91 Å². The van der Waals surface area contributed by atoms with Crippen molar-refractivity contribution < 1.29 is 4.79 Å². The SMILES string of the molecule is C[C@H]1CC2=CCCC(C)(C)[C@H]2C[C@@H]1/C=N\NC(=O)Cc1ccccc1. The Balaban J connectivity index is 1.57. The second kappa shape index (κ2) is 7.55. The number of nitrogens with zero attached hydrogens (tertiary/aromatic N) is 1. The predicted molar refractivity (Wildman–Crippen MR) is 103 cm³/mol. The number of nitrogens with one attached hydrogen (secondary N) is 1. The first-order chi connectivity index (χ1) is 12.0. The number of amides is 1. The third kappa shape index (κ3) is 4.39. The van der Waals surface area contributed by atoms with E-state index in [1.165, 1.54) is 19.3 Å². The lowest BCUT2D eigenvalue weighted by molar-refractivity contribution is -0.120. The van der Waals surface area contributed by atoms with E-state index < -0.39 is 0 Å². The quantitative estimate of drug-likeness (QED) is 0.481. The summed E-state index contributed by atoms with van der Waals surface area (Å²) in [7, 11) is 0. The van der Waals surface area contributed by atoms with Gasteiger partial charge in [0.25, 0.3) is 0 Å². The van der Waals surface area contributed by atoms with E-state index >= 15 is 0 Å². The van der Waals surface area contributed by atoms with Gasteiger partial charge in [0.1, 0.15) is 0 Å². The summed E-state index contributed by atoms with van der Waals surface area (Å²) in [5.41, 5.74) is 5.76. The smallest absolute Gasteiger partial charge is 0.244 e. The topological polar surface area (TPSA) is 41.5 Å². The zero-order valence-corrected chi connectivity index (χ0v) is 15.7. The lowest BCUT2D eigenvalue weighted by atomic mass is 9.59. The highest BCUT2D eigenvalue weighted by Gasteiger charge is 2.40. The standard InChI is InChI=1S/C22H30N2O/c1-16-12-18-10-7-11-22(2,3)20(18)14-19(16)15-23-24-21(25)13-17-8-5-4-6-9-17/h4-6,8-10,15-16,19-20H,7,11-14H2,1-3H3,(H,24,25)/b23-15-/t16-,19+,20-/m0/s1. The Morgan fingerprint density at radius 3 is 2.84 bits per heavy atom. The zero-order valence-electron chi connectivity index (χ0n) is 15.7. The molecule has 0 aliphatic heterocycles. The maximum Gasteiger partial charge on any atom is 0.244 e. The molecule has 3 heteroatoms. The number of hydrogen-bond acceptors (Lipinski definition) is 2. The van der Waals surface area contributed by atoms with E-state index in [1.54, 1.807) is 5.57 Å². The molecule has 0 bridgehead atoms. The van der Waals surface area contributed by atoms with E-state index in [1.807, 2.05) is 36.5 Å². The highest BCUT2D eigenvalue weighted by Crippen LogP contribution is 2.50. The molecule has 0 saturated heterocycles. The largest absolute Gasteiger partial charge is 0.273 e. The summed E-state index contributed by atoms with van der Waals surface area (Å²) < 4.78 is 0. The molecule has 134 valence electrons. The van der Waals surface area contributed by atoms with E-state index in [9.17, 15) is 4.79 Å². The third-order valence-corrected chi connectivity index (χ3v) is 6.05. The molecule has 25 heavy (non-hydrogen) atoms. The maximum absolute atomic E-state index is 12.0. The number of benzene rings is 1. The van der Waals surface area contributed by atoms with Gasteiger partial charge < -0.3 is 0 Å². The molecule has 1 saturated carbocycles. The molecule has 3 atom stereocenters. The Hall–Kier alpha value is -1.90. The average Bonchev–Trinajstić information content (AvgIpc) is 2.56. The maximum atomic E-state index is 12.0. The van der Waals surface area contributed by atoms with Crippen molar-refractivity contribution in [1.82, 2.24) is 5.43 Å². The fourth-order valence-electron chi connectivity index (χ4n) is 4.41. The van der Waals surface area contributed by atoms with Crippen molar-refractivity contribution in [2.75, 3.05) is 0 Å². The molecule has 1 fully saturated rings. The summed E-state index contributed by atoms with van der Waals surface area (Å²) in [4.78, 5) is 12.0. The van der Waals surface area contributed by atoms with Crippen LogP contribution in [0.3, 0.4) is 0 Å². The van der Waals surface area contributed by atoms with Crippen molar-refractivity contribution in [2.24, 2.45) is 28.3 Å². The van der Waals surface area contributed by atoms with Gasteiger partial charge in [-0.3, -0.25) is 4.79 Å². The van der Waals surface area contributed by atoms with Crippen molar-refractivity contribution in [3.8, 4) is 0 Å². The van der Waals surface area contributed by atoms with Gasteiger partial charge in [0, 0.05) is 6.21 Å². The Morgan fingerprint density at radius 2 is 2.08 bits per heavy atom. The number of hydrogen-bond donors (Lipinski definition) is 1. The van der Waals surface area contributed by atoms with Crippen LogP contribution in [0.25, 0.3) is 0 Å². The molecule has 0 aromatic heterocycles. The van der Waals surface area contributed by atoms with E-state index in [2.05, 4.69) is 37.4 Å². The zero-order chi connectivity index (χ0) is 17.9. The number of allylic oxidation sites excluding steroid dienone is 2. The minimum Gasteiger partial charge on any atom is -0.273 e. The van der Waals surface area contributed by atoms with Crippen molar-refractivity contribution in [3.05, 3.63) is 47.5 Å². The second-order valence-electron chi connectivity index (χ2n) is 8.42. The molecule has 1 amide bonds. The molecule has 2 aliphatic carbocycles.